The average molecular weight is 480 g/mol. The van der Waals surface area contributed by atoms with Gasteiger partial charge in [-0.05, 0) is 42.0 Å². The van der Waals surface area contributed by atoms with Gasteiger partial charge in [-0.15, -0.1) is 0 Å². The molecule has 0 N–H and O–H groups in total. The van der Waals surface area contributed by atoms with Crippen LogP contribution in [0.25, 0.3) is 0 Å². The third-order valence-electron chi connectivity index (χ3n) is 6.51. The van der Waals surface area contributed by atoms with E-state index in [0.717, 1.165) is 16.9 Å². The summed E-state index contributed by atoms with van der Waals surface area (Å²) in [5.41, 5.74) is 2.86. The normalized spacial score (nSPS) is 19.6. The molecule has 2 fully saturated rings. The first-order valence-electron chi connectivity index (χ1n) is 11.3. The van der Waals surface area contributed by atoms with Crippen molar-refractivity contribution in [2.45, 2.75) is 18.6 Å². The van der Waals surface area contributed by atoms with Crippen molar-refractivity contribution in [2.75, 3.05) is 35.5 Å². The summed E-state index contributed by atoms with van der Waals surface area (Å²) in [7, 11) is -3.23. The molecule has 2 heterocycles. The number of rotatable bonds is 5. The molecule has 0 radical (unpaired) electrons. The average Bonchev–Trinajstić information content (AvgIpc) is 3.20. The SMILES string of the molecule is O=C1CCN(C(c2ccc(Cl)cc2)P2(=O)N(c3ccccc3)CCN2c2ccccc2)CC1. The van der Waals surface area contributed by atoms with Gasteiger partial charge in [-0.3, -0.25) is 14.3 Å². The van der Waals surface area contributed by atoms with E-state index in [2.05, 4.69) is 14.2 Å². The molecule has 0 saturated carbocycles. The Hall–Kier alpha value is -2.59. The fourth-order valence-electron chi connectivity index (χ4n) is 4.93. The number of hydrogen-bond acceptors (Lipinski definition) is 3. The van der Waals surface area contributed by atoms with Crippen molar-refractivity contribution in [1.29, 1.82) is 0 Å². The van der Waals surface area contributed by atoms with Crippen LogP contribution in [-0.4, -0.2) is 36.9 Å². The third kappa shape index (κ3) is 4.21. The molecule has 0 aromatic heterocycles. The van der Waals surface area contributed by atoms with Crippen LogP contribution in [0.15, 0.2) is 84.9 Å². The first-order valence-corrected chi connectivity index (χ1v) is 13.4. The number of anilines is 2. The maximum absolute atomic E-state index is 15.5. The lowest BCUT2D eigenvalue weighted by Crippen LogP contribution is -2.40. The van der Waals surface area contributed by atoms with Crippen LogP contribution >= 0.6 is 19.0 Å². The molecule has 2 aliphatic rings. The van der Waals surface area contributed by atoms with Gasteiger partial charge in [0, 0.05) is 55.4 Å². The zero-order valence-corrected chi connectivity index (χ0v) is 20.0. The number of ketones is 1. The summed E-state index contributed by atoms with van der Waals surface area (Å²) >= 11 is 6.22. The molecule has 0 amide bonds. The summed E-state index contributed by atoms with van der Waals surface area (Å²) in [6, 6.07) is 27.7. The van der Waals surface area contributed by atoms with Crippen LogP contribution in [0.3, 0.4) is 0 Å². The Bertz CT molecular complexity index is 1100. The summed E-state index contributed by atoms with van der Waals surface area (Å²) < 4.78 is 19.7. The number of Topliss-reactive ketones (excluding diaryl/α,β-unsaturated/α-hetero) is 1. The first-order chi connectivity index (χ1) is 16.1. The fraction of sp³-hybridized carbons (Fsp3) is 0.269. The second-order valence-electron chi connectivity index (χ2n) is 8.51. The molecule has 33 heavy (non-hydrogen) atoms. The second kappa shape index (κ2) is 9.34. The van der Waals surface area contributed by atoms with E-state index in [9.17, 15) is 4.79 Å². The zero-order valence-electron chi connectivity index (χ0n) is 18.4. The Labute approximate surface area is 200 Å². The Morgan fingerprint density at radius 1 is 0.697 bits per heavy atom. The Morgan fingerprint density at radius 3 is 1.67 bits per heavy atom. The van der Waals surface area contributed by atoms with Crippen molar-refractivity contribution in [2.24, 2.45) is 0 Å². The highest BCUT2D eigenvalue weighted by atomic mass is 35.5. The van der Waals surface area contributed by atoms with Crippen molar-refractivity contribution in [3.63, 3.8) is 0 Å². The number of carbonyl (C=O) groups excluding carboxylic acids is 1. The predicted octanol–water partition coefficient (Wildman–Crippen LogP) is 6.22. The lowest BCUT2D eigenvalue weighted by Gasteiger charge is -2.44. The summed E-state index contributed by atoms with van der Waals surface area (Å²) in [6.45, 7) is 2.52. The van der Waals surface area contributed by atoms with Crippen molar-refractivity contribution in [3.05, 3.63) is 95.5 Å². The van der Waals surface area contributed by atoms with Crippen LogP contribution < -0.4 is 9.34 Å². The Kier molecular flexibility index (Phi) is 6.29. The van der Waals surface area contributed by atoms with Gasteiger partial charge in [-0.25, -0.2) is 0 Å². The quantitative estimate of drug-likeness (QED) is 0.406. The number of benzene rings is 3. The van der Waals surface area contributed by atoms with Crippen molar-refractivity contribution >= 4 is 36.2 Å². The van der Waals surface area contributed by atoms with Gasteiger partial charge in [0.2, 0.25) is 0 Å². The molecule has 2 aliphatic heterocycles. The largest absolute Gasteiger partial charge is 0.304 e. The summed E-state index contributed by atoms with van der Waals surface area (Å²) in [6.07, 6.45) is 0.974. The van der Waals surface area contributed by atoms with Crippen molar-refractivity contribution in [1.82, 2.24) is 4.90 Å². The van der Waals surface area contributed by atoms with E-state index in [-0.39, 0.29) is 11.6 Å². The molecule has 0 spiro atoms. The number of nitrogens with zero attached hydrogens (tertiary/aromatic N) is 3. The number of halogens is 1. The molecule has 2 saturated heterocycles. The topological polar surface area (TPSA) is 43.9 Å². The Balaban J connectivity index is 1.68. The zero-order chi connectivity index (χ0) is 22.8. The third-order valence-corrected chi connectivity index (χ3v) is 10.3. The first kappa shape index (κ1) is 22.2. The van der Waals surface area contributed by atoms with E-state index in [4.69, 9.17) is 11.6 Å². The molecular formula is C26H27ClN3O2P. The van der Waals surface area contributed by atoms with E-state index < -0.39 is 7.44 Å². The van der Waals surface area contributed by atoms with Crippen LogP contribution in [0.1, 0.15) is 24.2 Å². The molecular weight excluding hydrogens is 453 g/mol. The van der Waals surface area contributed by atoms with Crippen LogP contribution in [0.4, 0.5) is 11.4 Å². The molecule has 3 aromatic carbocycles. The van der Waals surface area contributed by atoms with Gasteiger partial charge in [0.15, 0.2) is 0 Å². The van der Waals surface area contributed by atoms with E-state index >= 15 is 4.57 Å². The molecule has 170 valence electrons. The number of carbonyl (C=O) groups is 1. The number of piperidine rings is 1. The minimum Gasteiger partial charge on any atom is -0.304 e. The highest BCUT2D eigenvalue weighted by Gasteiger charge is 2.52. The van der Waals surface area contributed by atoms with E-state index in [1.807, 2.05) is 84.9 Å². The second-order valence-corrected chi connectivity index (χ2v) is 11.6. The Morgan fingerprint density at radius 2 is 1.18 bits per heavy atom. The van der Waals surface area contributed by atoms with Crippen LogP contribution in [0.5, 0.6) is 0 Å². The molecule has 0 aliphatic carbocycles. The maximum atomic E-state index is 15.5. The van der Waals surface area contributed by atoms with E-state index in [1.165, 1.54) is 0 Å². The summed E-state index contributed by atoms with van der Waals surface area (Å²) in [5.74, 6) is -0.114. The van der Waals surface area contributed by atoms with Gasteiger partial charge in [0.05, 0.1) is 0 Å². The molecule has 0 bridgehead atoms. The minimum absolute atomic E-state index is 0.269. The smallest absolute Gasteiger partial charge is 0.284 e. The van der Waals surface area contributed by atoms with Gasteiger partial charge in [-0.1, -0.05) is 60.1 Å². The minimum atomic E-state index is -3.23. The lowest BCUT2D eigenvalue weighted by molar-refractivity contribution is -0.121. The van der Waals surface area contributed by atoms with Crippen LogP contribution in [0, 0.1) is 0 Å². The highest BCUT2D eigenvalue weighted by molar-refractivity contribution is 7.67. The number of hydrogen-bond donors (Lipinski definition) is 0. The van der Waals surface area contributed by atoms with Crippen molar-refractivity contribution < 1.29 is 9.36 Å². The highest BCUT2D eigenvalue weighted by Crippen LogP contribution is 2.69. The van der Waals surface area contributed by atoms with Gasteiger partial charge in [0.25, 0.3) is 7.44 Å². The molecule has 7 heteroatoms. The number of para-hydroxylation sites is 2. The molecule has 3 aromatic rings. The standard InChI is InChI=1S/C26H27ClN3O2P/c27-22-13-11-21(12-14-22)26(28-17-15-25(31)16-18-28)33(32)29(23-7-3-1-4-8-23)19-20-30(33)24-9-5-2-6-10-24/h1-14,26H,15-20H2. The number of likely N-dealkylation sites (tertiary alicyclic amines) is 1. The van der Waals surface area contributed by atoms with E-state index in [1.54, 1.807) is 0 Å². The van der Waals surface area contributed by atoms with Gasteiger partial charge >= 0.3 is 0 Å². The molecule has 5 nitrogen and oxygen atoms in total. The summed E-state index contributed by atoms with van der Waals surface area (Å²) in [4.78, 5) is 14.3. The molecule has 1 unspecified atom stereocenters. The van der Waals surface area contributed by atoms with E-state index in [0.29, 0.717) is 44.0 Å². The van der Waals surface area contributed by atoms with Gasteiger partial charge < -0.3 is 9.34 Å². The van der Waals surface area contributed by atoms with Gasteiger partial charge in [0.1, 0.15) is 11.6 Å². The lowest BCUT2D eigenvalue weighted by atomic mass is 10.1. The molecule has 5 rings (SSSR count). The molecule has 1 atom stereocenters. The van der Waals surface area contributed by atoms with Crippen molar-refractivity contribution in [3.8, 4) is 0 Å². The summed E-state index contributed by atoms with van der Waals surface area (Å²) in [5, 5.41) is 0.649. The monoisotopic (exact) mass is 479 g/mol. The van der Waals surface area contributed by atoms with Crippen LogP contribution in [0.2, 0.25) is 5.02 Å². The van der Waals surface area contributed by atoms with Gasteiger partial charge in [-0.2, -0.15) is 0 Å². The predicted molar refractivity (Wildman–Crippen MR) is 135 cm³/mol. The van der Waals surface area contributed by atoms with Crippen LogP contribution in [-0.2, 0) is 9.36 Å². The maximum Gasteiger partial charge on any atom is 0.284 e. The fourth-order valence-corrected chi connectivity index (χ4v) is 8.74.